The fraction of sp³-hybridized carbons (Fsp3) is 0.346. The summed E-state index contributed by atoms with van der Waals surface area (Å²) in [5.41, 5.74) is 3.19. The maximum Gasteiger partial charge on any atom is 0.243 e. The summed E-state index contributed by atoms with van der Waals surface area (Å²) < 4.78 is 27.9. The number of para-hydroxylation sites is 1. The van der Waals surface area contributed by atoms with Gasteiger partial charge in [-0.05, 0) is 46.9 Å². The number of amides is 1. The molecule has 1 aliphatic heterocycles. The first-order chi connectivity index (χ1) is 15.9. The second-order valence-corrected chi connectivity index (χ2v) is 10.3. The Kier molecular flexibility index (Phi) is 7.12. The number of piperazine rings is 1. The molecular weight excluding hydrogens is 434 g/mol. The van der Waals surface area contributed by atoms with Crippen molar-refractivity contribution in [3.05, 3.63) is 71.8 Å². The number of aryl methyl sites for hydroxylation is 2. The Morgan fingerprint density at radius 2 is 1.48 bits per heavy atom. The lowest BCUT2D eigenvalue weighted by Crippen LogP contribution is -2.50. The third kappa shape index (κ3) is 5.11. The molecule has 7 heteroatoms. The Bertz CT molecular complexity index is 1230. The van der Waals surface area contributed by atoms with Crippen molar-refractivity contribution in [2.45, 2.75) is 31.6 Å². The predicted molar refractivity (Wildman–Crippen MR) is 133 cm³/mol. The molecule has 0 aromatic heterocycles. The third-order valence-electron chi connectivity index (χ3n) is 6.32. The van der Waals surface area contributed by atoms with Crippen molar-refractivity contribution in [2.75, 3.05) is 38.0 Å². The van der Waals surface area contributed by atoms with E-state index in [0.717, 1.165) is 40.4 Å². The lowest BCUT2D eigenvalue weighted by Gasteiger charge is -2.33. The van der Waals surface area contributed by atoms with Gasteiger partial charge in [-0.1, -0.05) is 62.4 Å². The highest BCUT2D eigenvalue weighted by Gasteiger charge is 2.29. The minimum atomic E-state index is -3.57. The summed E-state index contributed by atoms with van der Waals surface area (Å²) in [4.78, 5) is 15.1. The van der Waals surface area contributed by atoms with Crippen molar-refractivity contribution in [1.82, 2.24) is 9.21 Å². The number of hydrogen-bond donors (Lipinski definition) is 1. The minimum absolute atomic E-state index is 0.0589. The molecule has 33 heavy (non-hydrogen) atoms. The van der Waals surface area contributed by atoms with Gasteiger partial charge in [0.15, 0.2) is 0 Å². The molecule has 3 aromatic rings. The molecule has 1 fully saturated rings. The summed E-state index contributed by atoms with van der Waals surface area (Å²) >= 11 is 0. The molecule has 0 atom stereocenters. The van der Waals surface area contributed by atoms with E-state index in [-0.39, 0.29) is 12.5 Å². The van der Waals surface area contributed by atoms with Crippen molar-refractivity contribution >= 4 is 32.4 Å². The first kappa shape index (κ1) is 23.4. The minimum Gasteiger partial charge on any atom is -0.324 e. The molecule has 1 N–H and O–H groups in total. The second kappa shape index (κ2) is 10.0. The Labute approximate surface area is 196 Å². The Morgan fingerprint density at radius 3 is 2.12 bits per heavy atom. The van der Waals surface area contributed by atoms with Gasteiger partial charge in [0.1, 0.15) is 0 Å². The fourth-order valence-electron chi connectivity index (χ4n) is 4.39. The zero-order chi connectivity index (χ0) is 23.4. The Morgan fingerprint density at radius 1 is 0.848 bits per heavy atom. The monoisotopic (exact) mass is 465 g/mol. The van der Waals surface area contributed by atoms with Gasteiger partial charge in [-0.15, -0.1) is 0 Å². The second-order valence-electron chi connectivity index (χ2n) is 8.40. The van der Waals surface area contributed by atoms with Crippen molar-refractivity contribution in [2.24, 2.45) is 0 Å². The number of carbonyl (C=O) groups excluding carboxylic acids is 1. The van der Waals surface area contributed by atoms with Gasteiger partial charge in [0, 0.05) is 31.9 Å². The molecule has 6 nitrogen and oxygen atoms in total. The standard InChI is InChI=1S/C26H31N3O3S/c1-3-20-10-7-11-21(4-2)26(20)27-25(30)19-28-14-16-29(17-15-28)33(31,32)24-13-12-22-8-5-6-9-23(22)18-24/h5-13,18H,3-4,14-17,19H2,1-2H3,(H,27,30). The zero-order valence-electron chi connectivity index (χ0n) is 19.3. The molecule has 1 amide bonds. The summed E-state index contributed by atoms with van der Waals surface area (Å²) in [7, 11) is -3.57. The summed E-state index contributed by atoms with van der Waals surface area (Å²) in [6.07, 6.45) is 1.71. The fourth-order valence-corrected chi connectivity index (χ4v) is 5.85. The van der Waals surface area contributed by atoms with Crippen LogP contribution in [0.25, 0.3) is 10.8 Å². The molecule has 3 aromatic carbocycles. The van der Waals surface area contributed by atoms with Crippen LogP contribution in [0.5, 0.6) is 0 Å². The number of nitrogens with one attached hydrogen (secondary N) is 1. The van der Waals surface area contributed by atoms with Gasteiger partial charge in [0.2, 0.25) is 15.9 Å². The van der Waals surface area contributed by atoms with Gasteiger partial charge < -0.3 is 5.32 Å². The number of sulfonamides is 1. The molecule has 0 unspecified atom stereocenters. The molecule has 0 bridgehead atoms. The van der Waals surface area contributed by atoms with Crippen LogP contribution in [0.2, 0.25) is 0 Å². The quantitative estimate of drug-likeness (QED) is 0.574. The number of fused-ring (bicyclic) bond motifs is 1. The number of nitrogens with zero attached hydrogens (tertiary/aromatic N) is 2. The van der Waals surface area contributed by atoms with E-state index in [2.05, 4.69) is 19.2 Å². The lowest BCUT2D eigenvalue weighted by molar-refractivity contribution is -0.117. The van der Waals surface area contributed by atoms with E-state index < -0.39 is 10.0 Å². The van der Waals surface area contributed by atoms with E-state index >= 15 is 0 Å². The molecule has 0 aliphatic carbocycles. The Balaban J connectivity index is 1.38. The number of carbonyl (C=O) groups is 1. The van der Waals surface area contributed by atoms with Crippen LogP contribution in [0, 0.1) is 0 Å². The predicted octanol–water partition coefficient (Wildman–Crippen LogP) is 3.91. The van der Waals surface area contributed by atoms with E-state index in [0.29, 0.717) is 31.1 Å². The molecule has 4 rings (SSSR count). The SMILES string of the molecule is CCc1cccc(CC)c1NC(=O)CN1CCN(S(=O)(=O)c2ccc3ccccc3c2)CC1. The highest BCUT2D eigenvalue weighted by Crippen LogP contribution is 2.24. The van der Waals surface area contributed by atoms with Crippen LogP contribution in [0.4, 0.5) is 5.69 Å². The number of rotatable bonds is 7. The summed E-state index contributed by atoms with van der Waals surface area (Å²) in [6, 6.07) is 19.1. The molecule has 1 aliphatic rings. The first-order valence-corrected chi connectivity index (χ1v) is 13.0. The molecule has 1 heterocycles. The topological polar surface area (TPSA) is 69.7 Å². The maximum absolute atomic E-state index is 13.2. The van der Waals surface area contributed by atoms with Crippen molar-refractivity contribution < 1.29 is 13.2 Å². The van der Waals surface area contributed by atoms with E-state index in [1.54, 1.807) is 12.1 Å². The average Bonchev–Trinajstić information content (AvgIpc) is 2.84. The van der Waals surface area contributed by atoms with Crippen LogP contribution in [-0.2, 0) is 27.7 Å². The van der Waals surface area contributed by atoms with E-state index in [4.69, 9.17) is 0 Å². The maximum atomic E-state index is 13.2. The number of benzene rings is 3. The molecule has 0 saturated carbocycles. The van der Waals surface area contributed by atoms with E-state index in [9.17, 15) is 13.2 Å². The first-order valence-electron chi connectivity index (χ1n) is 11.5. The molecule has 174 valence electrons. The van der Waals surface area contributed by atoms with Crippen LogP contribution >= 0.6 is 0 Å². The largest absolute Gasteiger partial charge is 0.324 e. The highest BCUT2D eigenvalue weighted by molar-refractivity contribution is 7.89. The van der Waals surface area contributed by atoms with Crippen LogP contribution < -0.4 is 5.32 Å². The van der Waals surface area contributed by atoms with Gasteiger partial charge in [-0.3, -0.25) is 9.69 Å². The van der Waals surface area contributed by atoms with E-state index in [1.165, 1.54) is 4.31 Å². The average molecular weight is 466 g/mol. The molecule has 1 saturated heterocycles. The zero-order valence-corrected chi connectivity index (χ0v) is 20.1. The third-order valence-corrected chi connectivity index (χ3v) is 8.22. The van der Waals surface area contributed by atoms with Crippen LogP contribution in [0.3, 0.4) is 0 Å². The van der Waals surface area contributed by atoms with Gasteiger partial charge >= 0.3 is 0 Å². The summed E-state index contributed by atoms with van der Waals surface area (Å²) in [6.45, 7) is 6.21. The number of hydrogen-bond acceptors (Lipinski definition) is 4. The highest BCUT2D eigenvalue weighted by atomic mass is 32.2. The van der Waals surface area contributed by atoms with Crippen LogP contribution in [0.1, 0.15) is 25.0 Å². The van der Waals surface area contributed by atoms with Crippen molar-refractivity contribution in [1.29, 1.82) is 0 Å². The normalized spacial score (nSPS) is 15.6. The Hall–Kier alpha value is -2.74. The van der Waals surface area contributed by atoms with Crippen molar-refractivity contribution in [3.8, 4) is 0 Å². The van der Waals surface area contributed by atoms with Crippen LogP contribution in [0.15, 0.2) is 65.6 Å². The number of anilines is 1. The van der Waals surface area contributed by atoms with Gasteiger partial charge in [0.25, 0.3) is 0 Å². The van der Waals surface area contributed by atoms with Gasteiger partial charge in [0.05, 0.1) is 11.4 Å². The summed E-state index contributed by atoms with van der Waals surface area (Å²) in [5.74, 6) is -0.0589. The lowest BCUT2D eigenvalue weighted by atomic mass is 10.0. The van der Waals surface area contributed by atoms with Crippen molar-refractivity contribution in [3.63, 3.8) is 0 Å². The van der Waals surface area contributed by atoms with Gasteiger partial charge in [-0.2, -0.15) is 4.31 Å². The summed E-state index contributed by atoms with van der Waals surface area (Å²) in [5, 5.41) is 5.03. The molecular formula is C26H31N3O3S. The van der Waals surface area contributed by atoms with E-state index in [1.807, 2.05) is 53.4 Å². The molecule has 0 spiro atoms. The van der Waals surface area contributed by atoms with Crippen LogP contribution in [-0.4, -0.2) is 56.3 Å². The van der Waals surface area contributed by atoms with Gasteiger partial charge in [-0.25, -0.2) is 8.42 Å². The molecule has 0 radical (unpaired) electrons. The smallest absolute Gasteiger partial charge is 0.243 e.